The Kier molecular flexibility index (Phi) is 3.31. The Labute approximate surface area is 94.9 Å². The van der Waals surface area contributed by atoms with Gasteiger partial charge in [-0.1, -0.05) is 6.07 Å². The predicted octanol–water partition coefficient (Wildman–Crippen LogP) is 1.57. The Morgan fingerprint density at radius 3 is 3.00 bits per heavy atom. The molecule has 0 saturated carbocycles. The molecule has 0 saturated heterocycles. The number of hydrogen-bond acceptors (Lipinski definition) is 4. The summed E-state index contributed by atoms with van der Waals surface area (Å²) < 4.78 is 5.71. The van der Waals surface area contributed by atoms with Crippen LogP contribution in [-0.2, 0) is 0 Å². The van der Waals surface area contributed by atoms with E-state index in [1.165, 1.54) is 0 Å². The third-order valence-electron chi connectivity index (χ3n) is 2.31. The molecule has 2 aromatic rings. The first kappa shape index (κ1) is 10.8. The summed E-state index contributed by atoms with van der Waals surface area (Å²) in [6.07, 6.45) is 3.33. The van der Waals surface area contributed by atoms with Crippen LogP contribution in [0.3, 0.4) is 0 Å². The lowest BCUT2D eigenvalue weighted by molar-refractivity contribution is 0.263. The number of fused-ring (bicyclic) bond motifs is 1. The van der Waals surface area contributed by atoms with Gasteiger partial charge in [0, 0.05) is 12.7 Å². The maximum absolute atomic E-state index is 5.71. The summed E-state index contributed by atoms with van der Waals surface area (Å²) in [5.41, 5.74) is 0.914. The monoisotopic (exact) mass is 217 g/mol. The van der Waals surface area contributed by atoms with Crippen molar-refractivity contribution in [1.82, 2.24) is 14.9 Å². The number of aromatic nitrogens is 2. The van der Waals surface area contributed by atoms with Crippen molar-refractivity contribution in [2.24, 2.45) is 0 Å². The van der Waals surface area contributed by atoms with Crippen molar-refractivity contribution in [3.8, 4) is 5.75 Å². The summed E-state index contributed by atoms with van der Waals surface area (Å²) in [4.78, 5) is 10.3. The van der Waals surface area contributed by atoms with Crippen LogP contribution in [0.1, 0.15) is 0 Å². The van der Waals surface area contributed by atoms with E-state index < -0.39 is 0 Å². The molecular formula is C12H15N3O. The van der Waals surface area contributed by atoms with Crippen molar-refractivity contribution in [2.45, 2.75) is 0 Å². The van der Waals surface area contributed by atoms with E-state index in [-0.39, 0.29) is 0 Å². The van der Waals surface area contributed by atoms with Gasteiger partial charge >= 0.3 is 0 Å². The van der Waals surface area contributed by atoms with Crippen molar-refractivity contribution in [3.63, 3.8) is 0 Å². The molecule has 0 fully saturated rings. The van der Waals surface area contributed by atoms with Gasteiger partial charge in [-0.3, -0.25) is 0 Å². The highest BCUT2D eigenvalue weighted by Gasteiger charge is 2.02. The molecule has 0 spiro atoms. The molecule has 0 radical (unpaired) electrons. The first-order chi connectivity index (χ1) is 7.77. The zero-order valence-corrected chi connectivity index (χ0v) is 9.55. The number of hydrogen-bond donors (Lipinski definition) is 0. The number of likely N-dealkylation sites (N-methyl/N-ethyl adjacent to an activating group) is 1. The summed E-state index contributed by atoms with van der Waals surface area (Å²) >= 11 is 0. The van der Waals surface area contributed by atoms with Crippen LogP contribution in [-0.4, -0.2) is 42.1 Å². The van der Waals surface area contributed by atoms with Crippen molar-refractivity contribution in [2.75, 3.05) is 27.2 Å². The minimum absolute atomic E-state index is 0.668. The molecule has 1 heterocycles. The maximum atomic E-state index is 5.71. The summed E-state index contributed by atoms with van der Waals surface area (Å²) in [6.45, 7) is 1.56. The molecule has 0 aliphatic rings. The topological polar surface area (TPSA) is 38.2 Å². The van der Waals surface area contributed by atoms with Crippen LogP contribution in [0.4, 0.5) is 0 Å². The first-order valence-electron chi connectivity index (χ1n) is 5.23. The predicted molar refractivity (Wildman–Crippen MR) is 63.6 cm³/mol. The third-order valence-corrected chi connectivity index (χ3v) is 2.31. The van der Waals surface area contributed by atoms with Crippen LogP contribution in [0.5, 0.6) is 5.75 Å². The van der Waals surface area contributed by atoms with E-state index in [1.54, 1.807) is 12.5 Å². The molecule has 4 nitrogen and oxygen atoms in total. The molecular weight excluding hydrogens is 202 g/mol. The molecule has 0 unspecified atom stereocenters. The molecule has 1 aromatic carbocycles. The van der Waals surface area contributed by atoms with E-state index >= 15 is 0 Å². The lowest BCUT2D eigenvalue weighted by Crippen LogP contribution is -2.19. The second kappa shape index (κ2) is 4.90. The van der Waals surface area contributed by atoms with Crippen LogP contribution >= 0.6 is 0 Å². The third kappa shape index (κ3) is 2.46. The van der Waals surface area contributed by atoms with Gasteiger partial charge < -0.3 is 9.64 Å². The van der Waals surface area contributed by atoms with Crippen LogP contribution < -0.4 is 4.74 Å². The minimum Gasteiger partial charge on any atom is -0.491 e. The Balaban J connectivity index is 2.17. The average molecular weight is 217 g/mol. The lowest BCUT2D eigenvalue weighted by atomic mass is 10.2. The molecule has 0 bridgehead atoms. The van der Waals surface area contributed by atoms with Gasteiger partial charge in [0.2, 0.25) is 0 Å². The summed E-state index contributed by atoms with van der Waals surface area (Å²) in [5, 5.41) is 0.962. The van der Waals surface area contributed by atoms with Gasteiger partial charge in [0.05, 0.1) is 10.9 Å². The lowest BCUT2D eigenvalue weighted by Gasteiger charge is -2.12. The van der Waals surface area contributed by atoms with E-state index in [4.69, 9.17) is 4.74 Å². The second-order valence-electron chi connectivity index (χ2n) is 3.86. The van der Waals surface area contributed by atoms with Gasteiger partial charge in [-0.25, -0.2) is 9.97 Å². The molecule has 4 heteroatoms. The fourth-order valence-electron chi connectivity index (χ4n) is 1.44. The van der Waals surface area contributed by atoms with Gasteiger partial charge in [0.15, 0.2) is 0 Å². The fourth-order valence-corrected chi connectivity index (χ4v) is 1.44. The van der Waals surface area contributed by atoms with Crippen molar-refractivity contribution in [1.29, 1.82) is 0 Å². The van der Waals surface area contributed by atoms with Gasteiger partial charge in [-0.15, -0.1) is 0 Å². The Bertz CT molecular complexity index is 465. The van der Waals surface area contributed by atoms with Gasteiger partial charge in [-0.05, 0) is 26.2 Å². The zero-order chi connectivity index (χ0) is 11.4. The highest BCUT2D eigenvalue weighted by Crippen LogP contribution is 2.22. The number of rotatable bonds is 4. The smallest absolute Gasteiger partial charge is 0.130 e. The average Bonchev–Trinajstić information content (AvgIpc) is 2.29. The molecule has 0 aliphatic carbocycles. The number of benzene rings is 1. The van der Waals surface area contributed by atoms with Crippen LogP contribution in [0.25, 0.3) is 10.9 Å². The summed E-state index contributed by atoms with van der Waals surface area (Å²) in [6, 6.07) is 5.84. The van der Waals surface area contributed by atoms with Crippen molar-refractivity contribution in [3.05, 3.63) is 30.7 Å². The maximum Gasteiger partial charge on any atom is 0.130 e. The normalized spacial score (nSPS) is 10.9. The number of ether oxygens (including phenoxy) is 1. The number of nitrogens with zero attached hydrogens (tertiary/aromatic N) is 3. The Morgan fingerprint density at radius 2 is 2.19 bits per heavy atom. The van der Waals surface area contributed by atoms with Gasteiger partial charge in [0.1, 0.15) is 18.7 Å². The first-order valence-corrected chi connectivity index (χ1v) is 5.23. The van der Waals surface area contributed by atoms with Crippen molar-refractivity contribution >= 4 is 10.9 Å². The molecule has 16 heavy (non-hydrogen) atoms. The molecule has 0 N–H and O–H groups in total. The van der Waals surface area contributed by atoms with Crippen LogP contribution in [0.15, 0.2) is 30.7 Å². The van der Waals surface area contributed by atoms with Crippen LogP contribution in [0.2, 0.25) is 0 Å². The second-order valence-corrected chi connectivity index (χ2v) is 3.86. The molecule has 0 atom stereocenters. The largest absolute Gasteiger partial charge is 0.491 e. The van der Waals surface area contributed by atoms with E-state index in [0.29, 0.717) is 6.61 Å². The molecule has 1 aromatic heterocycles. The van der Waals surface area contributed by atoms with E-state index in [9.17, 15) is 0 Å². The van der Waals surface area contributed by atoms with E-state index in [2.05, 4.69) is 14.9 Å². The standard InChI is InChI=1S/C12H15N3O/c1-15(2)6-7-16-12-5-3-4-11-10(12)8-13-9-14-11/h3-5,8-9H,6-7H2,1-2H3. The van der Waals surface area contributed by atoms with Crippen molar-refractivity contribution < 1.29 is 4.74 Å². The highest BCUT2D eigenvalue weighted by atomic mass is 16.5. The Hall–Kier alpha value is -1.68. The highest BCUT2D eigenvalue weighted by molar-refractivity contribution is 5.83. The fraction of sp³-hybridized carbons (Fsp3) is 0.333. The van der Waals surface area contributed by atoms with Gasteiger partial charge in [-0.2, -0.15) is 0 Å². The van der Waals surface area contributed by atoms with E-state index in [0.717, 1.165) is 23.2 Å². The zero-order valence-electron chi connectivity index (χ0n) is 9.55. The summed E-state index contributed by atoms with van der Waals surface area (Å²) in [7, 11) is 4.05. The molecule has 84 valence electrons. The van der Waals surface area contributed by atoms with Crippen LogP contribution in [0, 0.1) is 0 Å². The minimum atomic E-state index is 0.668. The van der Waals surface area contributed by atoms with E-state index in [1.807, 2.05) is 32.3 Å². The molecule has 0 aliphatic heterocycles. The summed E-state index contributed by atoms with van der Waals surface area (Å²) in [5.74, 6) is 0.847. The Morgan fingerprint density at radius 1 is 1.31 bits per heavy atom. The molecule has 0 amide bonds. The van der Waals surface area contributed by atoms with Gasteiger partial charge in [0.25, 0.3) is 0 Å². The quantitative estimate of drug-likeness (QED) is 0.779. The molecule has 2 rings (SSSR count). The SMILES string of the molecule is CN(C)CCOc1cccc2ncncc12.